The van der Waals surface area contributed by atoms with Gasteiger partial charge in [-0.3, -0.25) is 0 Å². The molecule has 0 unspecified atom stereocenters. The maximum absolute atomic E-state index is 13.1. The summed E-state index contributed by atoms with van der Waals surface area (Å²) >= 11 is 0. The van der Waals surface area contributed by atoms with Crippen LogP contribution in [0, 0.1) is 5.82 Å². The highest BCUT2D eigenvalue weighted by atomic mass is 19.1. The van der Waals surface area contributed by atoms with E-state index in [2.05, 4.69) is 0 Å². The second-order valence-corrected chi connectivity index (χ2v) is 3.51. The van der Waals surface area contributed by atoms with Crippen molar-refractivity contribution in [3.8, 4) is 16.9 Å². The van der Waals surface area contributed by atoms with E-state index in [0.29, 0.717) is 11.4 Å². The molecule has 16 heavy (non-hydrogen) atoms. The van der Waals surface area contributed by atoms with Gasteiger partial charge in [0, 0.05) is 11.8 Å². The molecule has 82 valence electrons. The highest BCUT2D eigenvalue weighted by Crippen LogP contribution is 2.27. The third-order valence-electron chi connectivity index (χ3n) is 2.32. The summed E-state index contributed by atoms with van der Waals surface area (Å²) in [4.78, 5) is 0. The smallest absolute Gasteiger partial charge is 0.123 e. The molecule has 0 radical (unpaired) electrons. The fraction of sp³-hybridized carbons (Fsp3) is 0.0769. The molecule has 0 amide bonds. The van der Waals surface area contributed by atoms with Crippen LogP contribution in [0.25, 0.3) is 11.1 Å². The molecule has 0 aromatic heterocycles. The van der Waals surface area contributed by atoms with Crippen LogP contribution in [0.15, 0.2) is 42.5 Å². The van der Waals surface area contributed by atoms with E-state index in [4.69, 9.17) is 10.5 Å². The Morgan fingerprint density at radius 1 is 1.06 bits per heavy atom. The Labute approximate surface area is 93.5 Å². The zero-order chi connectivity index (χ0) is 11.5. The third kappa shape index (κ3) is 2.14. The molecular weight excluding hydrogens is 205 g/mol. The number of benzene rings is 2. The van der Waals surface area contributed by atoms with Crippen LogP contribution < -0.4 is 10.5 Å². The molecule has 0 atom stereocenters. The first-order valence-corrected chi connectivity index (χ1v) is 4.89. The van der Waals surface area contributed by atoms with E-state index in [1.54, 1.807) is 25.3 Å². The van der Waals surface area contributed by atoms with Gasteiger partial charge in [0.1, 0.15) is 11.6 Å². The van der Waals surface area contributed by atoms with Crippen molar-refractivity contribution >= 4 is 5.69 Å². The normalized spacial score (nSPS) is 10.1. The number of anilines is 1. The molecule has 2 aromatic carbocycles. The van der Waals surface area contributed by atoms with Gasteiger partial charge < -0.3 is 10.5 Å². The lowest BCUT2D eigenvalue weighted by molar-refractivity contribution is 0.415. The van der Waals surface area contributed by atoms with Crippen LogP contribution in [0.5, 0.6) is 5.75 Å². The average Bonchev–Trinajstić information content (AvgIpc) is 2.28. The molecule has 0 aliphatic rings. The second-order valence-electron chi connectivity index (χ2n) is 3.51. The maximum Gasteiger partial charge on any atom is 0.123 e. The van der Waals surface area contributed by atoms with E-state index in [1.165, 1.54) is 12.1 Å². The topological polar surface area (TPSA) is 35.2 Å². The summed E-state index contributed by atoms with van der Waals surface area (Å²) in [7, 11) is 1.57. The minimum absolute atomic E-state index is 0.265. The number of nitrogens with two attached hydrogens (primary N) is 1. The molecular formula is C13H12FNO. The Balaban J connectivity index is 2.51. The lowest BCUT2D eigenvalue weighted by Gasteiger charge is -2.06. The van der Waals surface area contributed by atoms with Gasteiger partial charge in [0.05, 0.1) is 7.11 Å². The van der Waals surface area contributed by atoms with Gasteiger partial charge in [-0.1, -0.05) is 12.1 Å². The Kier molecular flexibility index (Phi) is 2.77. The largest absolute Gasteiger partial charge is 0.497 e. The highest BCUT2D eigenvalue weighted by Gasteiger charge is 2.02. The molecule has 0 saturated heterocycles. The summed E-state index contributed by atoms with van der Waals surface area (Å²) in [6.07, 6.45) is 0. The van der Waals surface area contributed by atoms with Crippen LogP contribution in [0.3, 0.4) is 0 Å². The van der Waals surface area contributed by atoms with Gasteiger partial charge in [-0.25, -0.2) is 4.39 Å². The summed E-state index contributed by atoms with van der Waals surface area (Å²) in [6, 6.07) is 11.7. The van der Waals surface area contributed by atoms with Crippen LogP contribution in [0.1, 0.15) is 0 Å². The lowest BCUT2D eigenvalue weighted by Crippen LogP contribution is -1.90. The first kappa shape index (κ1) is 10.5. The van der Waals surface area contributed by atoms with E-state index in [9.17, 15) is 4.39 Å². The van der Waals surface area contributed by atoms with Gasteiger partial charge in [-0.2, -0.15) is 0 Å². The zero-order valence-electron chi connectivity index (χ0n) is 8.91. The van der Waals surface area contributed by atoms with Crippen LogP contribution in [0.4, 0.5) is 10.1 Å². The number of ether oxygens (including phenoxy) is 1. The Bertz CT molecular complexity index is 511. The van der Waals surface area contributed by atoms with Gasteiger partial charge >= 0.3 is 0 Å². The summed E-state index contributed by atoms with van der Waals surface area (Å²) < 4.78 is 18.2. The molecule has 0 spiro atoms. The van der Waals surface area contributed by atoms with Crippen LogP contribution in [-0.4, -0.2) is 7.11 Å². The minimum atomic E-state index is -0.265. The van der Waals surface area contributed by atoms with Crippen LogP contribution >= 0.6 is 0 Å². The van der Waals surface area contributed by atoms with Gasteiger partial charge in [0.2, 0.25) is 0 Å². The fourth-order valence-electron chi connectivity index (χ4n) is 1.57. The van der Waals surface area contributed by atoms with Crippen molar-refractivity contribution in [2.24, 2.45) is 0 Å². The maximum atomic E-state index is 13.1. The molecule has 2 aromatic rings. The number of hydrogen-bond donors (Lipinski definition) is 1. The molecule has 0 saturated carbocycles. The van der Waals surface area contributed by atoms with E-state index in [0.717, 1.165) is 11.1 Å². The molecule has 3 heteroatoms. The molecule has 2 rings (SSSR count). The molecule has 2 nitrogen and oxygen atoms in total. The van der Waals surface area contributed by atoms with Crippen molar-refractivity contribution in [2.75, 3.05) is 12.8 Å². The number of nitrogen functional groups attached to an aromatic ring is 1. The van der Waals surface area contributed by atoms with Gasteiger partial charge in [0.15, 0.2) is 0 Å². The second kappa shape index (κ2) is 4.23. The van der Waals surface area contributed by atoms with Gasteiger partial charge in [-0.15, -0.1) is 0 Å². The minimum Gasteiger partial charge on any atom is -0.497 e. The predicted molar refractivity (Wildman–Crippen MR) is 62.8 cm³/mol. The summed E-state index contributed by atoms with van der Waals surface area (Å²) in [5.41, 5.74) is 7.96. The van der Waals surface area contributed by atoms with Crippen LogP contribution in [0.2, 0.25) is 0 Å². The molecule has 0 heterocycles. The van der Waals surface area contributed by atoms with E-state index >= 15 is 0 Å². The summed E-state index contributed by atoms with van der Waals surface area (Å²) in [5, 5.41) is 0. The molecule has 0 bridgehead atoms. The quantitative estimate of drug-likeness (QED) is 0.784. The molecule has 2 N–H and O–H groups in total. The van der Waals surface area contributed by atoms with Crippen molar-refractivity contribution in [3.63, 3.8) is 0 Å². The standard InChI is InChI=1S/C13H12FNO/c1-16-13-7-10(6-12(15)8-13)9-3-2-4-11(14)5-9/h2-8H,15H2,1H3. The van der Waals surface area contributed by atoms with Gasteiger partial charge in [0.25, 0.3) is 0 Å². The Morgan fingerprint density at radius 2 is 1.88 bits per heavy atom. The van der Waals surface area contributed by atoms with Crippen molar-refractivity contribution in [2.45, 2.75) is 0 Å². The monoisotopic (exact) mass is 217 g/mol. The lowest BCUT2D eigenvalue weighted by atomic mass is 10.0. The first-order valence-electron chi connectivity index (χ1n) is 4.89. The van der Waals surface area contributed by atoms with Crippen LogP contribution in [-0.2, 0) is 0 Å². The zero-order valence-corrected chi connectivity index (χ0v) is 8.91. The van der Waals surface area contributed by atoms with Crippen molar-refractivity contribution < 1.29 is 9.13 Å². The average molecular weight is 217 g/mol. The number of rotatable bonds is 2. The van der Waals surface area contributed by atoms with Crippen molar-refractivity contribution in [1.82, 2.24) is 0 Å². The number of methoxy groups -OCH3 is 1. The Hall–Kier alpha value is -2.03. The van der Waals surface area contributed by atoms with E-state index < -0.39 is 0 Å². The van der Waals surface area contributed by atoms with E-state index in [-0.39, 0.29) is 5.82 Å². The Morgan fingerprint density at radius 3 is 2.56 bits per heavy atom. The number of halogens is 1. The molecule has 0 aliphatic heterocycles. The third-order valence-corrected chi connectivity index (χ3v) is 2.32. The summed E-state index contributed by atoms with van der Waals surface area (Å²) in [6.45, 7) is 0. The fourth-order valence-corrected chi connectivity index (χ4v) is 1.57. The van der Waals surface area contributed by atoms with Crippen molar-refractivity contribution in [1.29, 1.82) is 0 Å². The summed E-state index contributed by atoms with van der Waals surface area (Å²) in [5.74, 6) is 0.401. The van der Waals surface area contributed by atoms with Gasteiger partial charge in [-0.05, 0) is 35.4 Å². The van der Waals surface area contributed by atoms with E-state index in [1.807, 2.05) is 12.1 Å². The SMILES string of the molecule is COc1cc(N)cc(-c2cccc(F)c2)c1. The first-order chi connectivity index (χ1) is 7.69. The molecule has 0 fully saturated rings. The highest BCUT2D eigenvalue weighted by molar-refractivity contribution is 5.69. The number of hydrogen-bond acceptors (Lipinski definition) is 2. The molecule has 0 aliphatic carbocycles. The van der Waals surface area contributed by atoms with Crippen molar-refractivity contribution in [3.05, 3.63) is 48.3 Å². The predicted octanol–water partition coefficient (Wildman–Crippen LogP) is 3.08.